The zero-order valence-corrected chi connectivity index (χ0v) is 16.1. The van der Waals surface area contributed by atoms with E-state index in [-0.39, 0.29) is 5.91 Å². The van der Waals surface area contributed by atoms with Gasteiger partial charge in [-0.15, -0.1) is 10.2 Å². The first-order valence-corrected chi connectivity index (χ1v) is 10.5. The summed E-state index contributed by atoms with van der Waals surface area (Å²) in [5, 5.41) is 11.1. The molecule has 0 saturated carbocycles. The van der Waals surface area contributed by atoms with Crippen molar-refractivity contribution in [3.8, 4) is 11.5 Å². The molecule has 1 saturated heterocycles. The Morgan fingerprint density at radius 2 is 1.78 bits per heavy atom. The van der Waals surface area contributed by atoms with Crippen LogP contribution < -0.4 is 0 Å². The van der Waals surface area contributed by atoms with Gasteiger partial charge in [-0.25, -0.2) is 0 Å². The quantitative estimate of drug-likeness (QED) is 0.596. The number of likely N-dealkylation sites (tertiary alicyclic amines) is 1. The van der Waals surface area contributed by atoms with Crippen LogP contribution in [0, 0.1) is 0 Å². The second-order valence-corrected chi connectivity index (χ2v) is 7.87. The van der Waals surface area contributed by atoms with Crippen molar-refractivity contribution in [1.82, 2.24) is 15.1 Å². The van der Waals surface area contributed by atoms with Crippen molar-refractivity contribution in [1.29, 1.82) is 0 Å². The number of carbonyl (C=O) groups excluding carboxylic acids is 1. The SMILES string of the molecule is O=C(CCSc1nnc(-c2ccc3ccccc3c2)o1)N1CCCCCC1. The zero-order chi connectivity index (χ0) is 18.5. The van der Waals surface area contributed by atoms with E-state index in [2.05, 4.69) is 34.5 Å². The van der Waals surface area contributed by atoms with Crippen molar-refractivity contribution in [2.45, 2.75) is 37.3 Å². The summed E-state index contributed by atoms with van der Waals surface area (Å²) in [7, 11) is 0. The molecular weight excluding hydrogens is 358 g/mol. The van der Waals surface area contributed by atoms with Crippen LogP contribution in [0.25, 0.3) is 22.2 Å². The Morgan fingerprint density at radius 1 is 1.00 bits per heavy atom. The lowest BCUT2D eigenvalue weighted by Gasteiger charge is -2.19. The van der Waals surface area contributed by atoms with Crippen LogP contribution in [0.1, 0.15) is 32.1 Å². The lowest BCUT2D eigenvalue weighted by atomic mass is 10.1. The molecule has 140 valence electrons. The average molecular weight is 382 g/mol. The number of aromatic nitrogens is 2. The summed E-state index contributed by atoms with van der Waals surface area (Å²) in [5.74, 6) is 1.41. The van der Waals surface area contributed by atoms with Crippen molar-refractivity contribution < 1.29 is 9.21 Å². The summed E-state index contributed by atoms with van der Waals surface area (Å²) >= 11 is 1.45. The first kappa shape index (κ1) is 18.0. The number of thioether (sulfide) groups is 1. The van der Waals surface area contributed by atoms with Crippen LogP contribution in [0.3, 0.4) is 0 Å². The molecule has 0 aliphatic carbocycles. The van der Waals surface area contributed by atoms with Crippen LogP contribution in [0.15, 0.2) is 52.1 Å². The summed E-state index contributed by atoms with van der Waals surface area (Å²) in [5.41, 5.74) is 0.911. The van der Waals surface area contributed by atoms with E-state index in [0.29, 0.717) is 23.3 Å². The van der Waals surface area contributed by atoms with Crippen molar-refractivity contribution in [2.24, 2.45) is 0 Å². The molecule has 0 radical (unpaired) electrons. The number of nitrogens with zero attached hydrogens (tertiary/aromatic N) is 3. The van der Waals surface area contributed by atoms with E-state index in [4.69, 9.17) is 4.42 Å². The molecule has 0 bridgehead atoms. The van der Waals surface area contributed by atoms with Gasteiger partial charge in [-0.3, -0.25) is 4.79 Å². The third-order valence-electron chi connectivity index (χ3n) is 4.90. The second kappa shape index (κ2) is 8.57. The van der Waals surface area contributed by atoms with Gasteiger partial charge in [0.15, 0.2) is 0 Å². The fourth-order valence-electron chi connectivity index (χ4n) is 3.41. The van der Waals surface area contributed by atoms with Crippen LogP contribution in [0.2, 0.25) is 0 Å². The molecule has 27 heavy (non-hydrogen) atoms. The van der Waals surface area contributed by atoms with Crippen molar-refractivity contribution in [2.75, 3.05) is 18.8 Å². The van der Waals surface area contributed by atoms with Gasteiger partial charge in [-0.1, -0.05) is 54.9 Å². The number of hydrogen-bond acceptors (Lipinski definition) is 5. The topological polar surface area (TPSA) is 59.2 Å². The molecule has 3 aromatic rings. The third kappa shape index (κ3) is 4.50. The molecule has 0 unspecified atom stereocenters. The number of fused-ring (bicyclic) bond motifs is 1. The summed E-state index contributed by atoms with van der Waals surface area (Å²) in [6, 6.07) is 14.3. The van der Waals surface area contributed by atoms with Crippen molar-refractivity contribution >= 4 is 28.4 Å². The van der Waals surface area contributed by atoms with Gasteiger partial charge in [-0.05, 0) is 35.7 Å². The van der Waals surface area contributed by atoms with Gasteiger partial charge in [0.05, 0.1) is 0 Å². The molecule has 1 amide bonds. The van der Waals surface area contributed by atoms with E-state index < -0.39 is 0 Å². The van der Waals surface area contributed by atoms with Crippen molar-refractivity contribution in [3.05, 3.63) is 42.5 Å². The molecule has 6 heteroatoms. The number of rotatable bonds is 5. The third-order valence-corrected chi connectivity index (χ3v) is 5.72. The van der Waals surface area contributed by atoms with Crippen LogP contribution in [-0.4, -0.2) is 39.8 Å². The highest BCUT2D eigenvalue weighted by molar-refractivity contribution is 7.99. The van der Waals surface area contributed by atoms with E-state index in [1.54, 1.807) is 0 Å². The molecule has 4 rings (SSSR count). The van der Waals surface area contributed by atoms with Gasteiger partial charge < -0.3 is 9.32 Å². The minimum absolute atomic E-state index is 0.235. The summed E-state index contributed by atoms with van der Waals surface area (Å²) in [4.78, 5) is 14.3. The molecule has 1 aromatic heterocycles. The molecule has 5 nitrogen and oxygen atoms in total. The predicted molar refractivity (Wildman–Crippen MR) is 108 cm³/mol. The Hall–Kier alpha value is -2.34. The summed E-state index contributed by atoms with van der Waals surface area (Å²) < 4.78 is 5.78. The van der Waals surface area contributed by atoms with Crippen LogP contribution in [0.5, 0.6) is 0 Å². The molecule has 1 aliphatic rings. The lowest BCUT2D eigenvalue weighted by molar-refractivity contribution is -0.130. The minimum atomic E-state index is 0.235. The molecule has 0 atom stereocenters. The maximum Gasteiger partial charge on any atom is 0.276 e. The van der Waals surface area contributed by atoms with Gasteiger partial charge >= 0.3 is 0 Å². The van der Waals surface area contributed by atoms with E-state index in [0.717, 1.165) is 36.9 Å². The van der Waals surface area contributed by atoms with E-state index in [9.17, 15) is 4.79 Å². The molecule has 1 aliphatic heterocycles. The fraction of sp³-hybridized carbons (Fsp3) is 0.381. The monoisotopic (exact) mass is 381 g/mol. The van der Waals surface area contributed by atoms with Gasteiger partial charge in [0.1, 0.15) is 0 Å². The van der Waals surface area contributed by atoms with Crippen LogP contribution in [-0.2, 0) is 4.79 Å². The molecule has 0 spiro atoms. The fourth-order valence-corrected chi connectivity index (χ4v) is 4.10. The smallest absolute Gasteiger partial charge is 0.276 e. The Morgan fingerprint density at radius 3 is 2.59 bits per heavy atom. The van der Waals surface area contributed by atoms with Crippen LogP contribution >= 0.6 is 11.8 Å². The van der Waals surface area contributed by atoms with E-state index in [1.165, 1.54) is 30.0 Å². The maximum absolute atomic E-state index is 12.3. The molecule has 0 N–H and O–H groups in total. The van der Waals surface area contributed by atoms with Gasteiger partial charge in [0, 0.05) is 30.8 Å². The number of benzene rings is 2. The Labute approximate surface area is 163 Å². The molecular formula is C21H23N3O2S. The minimum Gasteiger partial charge on any atom is -0.411 e. The Kier molecular flexibility index (Phi) is 5.72. The number of hydrogen-bond donors (Lipinski definition) is 0. The number of carbonyl (C=O) groups is 1. The zero-order valence-electron chi connectivity index (χ0n) is 15.3. The highest BCUT2D eigenvalue weighted by Crippen LogP contribution is 2.26. The lowest BCUT2D eigenvalue weighted by Crippen LogP contribution is -2.31. The molecule has 2 heterocycles. The summed E-state index contributed by atoms with van der Waals surface area (Å²) in [6.07, 6.45) is 5.23. The first-order chi connectivity index (χ1) is 13.3. The van der Waals surface area contributed by atoms with E-state index >= 15 is 0 Å². The Balaban J connectivity index is 1.34. The standard InChI is InChI=1S/C21H23N3O2S/c25-19(24-12-5-1-2-6-13-24)11-14-27-21-23-22-20(26-21)18-10-9-16-7-3-4-8-17(16)15-18/h3-4,7-10,15H,1-2,5-6,11-14H2. The van der Waals surface area contributed by atoms with Gasteiger partial charge in [0.2, 0.25) is 11.8 Å². The normalized spacial score (nSPS) is 15.0. The largest absolute Gasteiger partial charge is 0.411 e. The average Bonchev–Trinajstić information content (AvgIpc) is 3.00. The predicted octanol–water partition coefficient (Wildman–Crippen LogP) is 4.77. The highest BCUT2D eigenvalue weighted by Gasteiger charge is 2.16. The highest BCUT2D eigenvalue weighted by atomic mass is 32.2. The summed E-state index contributed by atoms with van der Waals surface area (Å²) in [6.45, 7) is 1.80. The first-order valence-electron chi connectivity index (χ1n) is 9.53. The Bertz CT molecular complexity index is 916. The van der Waals surface area contributed by atoms with Crippen molar-refractivity contribution in [3.63, 3.8) is 0 Å². The van der Waals surface area contributed by atoms with Crippen LogP contribution in [0.4, 0.5) is 0 Å². The molecule has 2 aromatic carbocycles. The number of amides is 1. The molecule has 1 fully saturated rings. The maximum atomic E-state index is 12.3. The van der Waals surface area contributed by atoms with Gasteiger partial charge in [0.25, 0.3) is 5.22 Å². The second-order valence-electron chi connectivity index (χ2n) is 6.83. The van der Waals surface area contributed by atoms with Gasteiger partial charge in [-0.2, -0.15) is 0 Å². The van der Waals surface area contributed by atoms with E-state index in [1.807, 2.05) is 23.1 Å².